The number of rotatable bonds is 5. The number of nitrogens with one attached hydrogen (secondary N) is 2. The Kier molecular flexibility index (Phi) is 7.01. The van der Waals surface area contributed by atoms with Crippen LogP contribution in [0.15, 0.2) is 56.8 Å². The minimum atomic E-state index is -0.890. The van der Waals surface area contributed by atoms with Crippen LogP contribution < -0.4 is 10.6 Å². The van der Waals surface area contributed by atoms with Crippen LogP contribution in [0, 0.1) is 0 Å². The Balaban J connectivity index is 1.61. The number of benzene rings is 1. The molecule has 0 aliphatic carbocycles. The standard InChI is InChI=1S/C21H17Cl2N3O6/c1-10-17(21(30)31-2)18(27)16(25-10)8-12-4-5-13(32-12)9-24-19(28)20(29)26-11-3-6-14(22)15(23)7-11/h3-8,27H,9H2,1-2H3,(H,24,28)(H,26,29)/b16-8+. The first-order valence-corrected chi connectivity index (χ1v) is 9.87. The summed E-state index contributed by atoms with van der Waals surface area (Å²) in [5.74, 6) is -2.12. The van der Waals surface area contributed by atoms with Crippen LogP contribution in [-0.4, -0.2) is 35.7 Å². The zero-order valence-corrected chi connectivity index (χ0v) is 18.4. The molecule has 0 bridgehead atoms. The van der Waals surface area contributed by atoms with E-state index in [9.17, 15) is 19.5 Å². The van der Waals surface area contributed by atoms with Crippen molar-refractivity contribution in [3.8, 4) is 0 Å². The molecule has 0 saturated carbocycles. The lowest BCUT2D eigenvalue weighted by Crippen LogP contribution is -2.34. The van der Waals surface area contributed by atoms with Crippen molar-refractivity contribution in [3.63, 3.8) is 0 Å². The van der Waals surface area contributed by atoms with E-state index in [1.807, 2.05) is 0 Å². The normalized spacial score (nSPS) is 14.4. The van der Waals surface area contributed by atoms with Crippen molar-refractivity contribution >= 4 is 58.5 Å². The van der Waals surface area contributed by atoms with Crippen molar-refractivity contribution in [1.82, 2.24) is 5.32 Å². The summed E-state index contributed by atoms with van der Waals surface area (Å²) in [6, 6.07) is 7.58. The first-order valence-electron chi connectivity index (χ1n) is 9.11. The van der Waals surface area contributed by atoms with E-state index in [1.54, 1.807) is 19.1 Å². The van der Waals surface area contributed by atoms with Gasteiger partial charge < -0.3 is 24.9 Å². The average molecular weight is 478 g/mol. The highest BCUT2D eigenvalue weighted by atomic mass is 35.5. The summed E-state index contributed by atoms with van der Waals surface area (Å²) >= 11 is 11.7. The minimum absolute atomic E-state index is 0.0224. The molecule has 1 aromatic heterocycles. The molecule has 1 aromatic carbocycles. The smallest absolute Gasteiger partial charge is 0.343 e. The van der Waals surface area contributed by atoms with Gasteiger partial charge in [0.1, 0.15) is 22.8 Å². The highest BCUT2D eigenvalue weighted by Crippen LogP contribution is 2.27. The predicted molar refractivity (Wildman–Crippen MR) is 118 cm³/mol. The number of carbonyl (C=O) groups is 3. The van der Waals surface area contributed by atoms with Gasteiger partial charge in [-0.3, -0.25) is 9.59 Å². The average Bonchev–Trinajstić information content (AvgIpc) is 3.32. The SMILES string of the molecule is COC(=O)C1=C(O)/C(=C\c2ccc(CNC(=O)C(=O)Nc3ccc(Cl)c(Cl)c3)o2)N=C1C. The van der Waals surface area contributed by atoms with Crippen LogP contribution in [0.4, 0.5) is 5.69 Å². The summed E-state index contributed by atoms with van der Waals surface area (Å²) in [5.41, 5.74) is 0.741. The molecule has 166 valence electrons. The Hall–Kier alpha value is -3.56. The van der Waals surface area contributed by atoms with E-state index in [2.05, 4.69) is 20.4 Å². The van der Waals surface area contributed by atoms with Crippen molar-refractivity contribution in [3.05, 3.63) is 68.9 Å². The number of esters is 1. The summed E-state index contributed by atoms with van der Waals surface area (Å²) in [6.07, 6.45) is 1.43. The summed E-state index contributed by atoms with van der Waals surface area (Å²) < 4.78 is 10.2. The number of hydrogen-bond acceptors (Lipinski definition) is 7. The van der Waals surface area contributed by atoms with Gasteiger partial charge in [-0.2, -0.15) is 0 Å². The second kappa shape index (κ2) is 9.71. The molecule has 0 spiro atoms. The largest absolute Gasteiger partial charge is 0.505 e. The molecule has 0 atom stereocenters. The maximum atomic E-state index is 12.0. The lowest BCUT2D eigenvalue weighted by atomic mass is 10.1. The molecule has 1 aliphatic heterocycles. The van der Waals surface area contributed by atoms with Gasteiger partial charge in [-0.05, 0) is 37.3 Å². The number of methoxy groups -OCH3 is 1. The lowest BCUT2D eigenvalue weighted by molar-refractivity contribution is -0.136. The number of halogens is 2. The van der Waals surface area contributed by atoms with Crippen molar-refractivity contribution in [2.24, 2.45) is 4.99 Å². The molecule has 2 heterocycles. The molecule has 2 aromatic rings. The Bertz CT molecular complexity index is 1200. The number of carbonyl (C=O) groups excluding carboxylic acids is 3. The van der Waals surface area contributed by atoms with Crippen LogP contribution in [0.1, 0.15) is 18.4 Å². The third-order valence-electron chi connectivity index (χ3n) is 4.29. The van der Waals surface area contributed by atoms with E-state index >= 15 is 0 Å². The Morgan fingerprint density at radius 3 is 2.59 bits per heavy atom. The number of aliphatic hydroxyl groups excluding tert-OH is 1. The van der Waals surface area contributed by atoms with Crippen LogP contribution in [0.5, 0.6) is 0 Å². The quantitative estimate of drug-likeness (QED) is 0.445. The van der Waals surface area contributed by atoms with Gasteiger partial charge in [-0.25, -0.2) is 9.79 Å². The van der Waals surface area contributed by atoms with Gasteiger partial charge in [0.2, 0.25) is 0 Å². The van der Waals surface area contributed by atoms with Crippen molar-refractivity contribution in [2.45, 2.75) is 13.5 Å². The Labute approximate surface area is 192 Å². The number of aliphatic imine (C=N–C) groups is 1. The molecule has 0 radical (unpaired) electrons. The maximum absolute atomic E-state index is 12.0. The fourth-order valence-corrected chi connectivity index (χ4v) is 3.05. The fourth-order valence-electron chi connectivity index (χ4n) is 2.75. The van der Waals surface area contributed by atoms with E-state index in [-0.39, 0.29) is 28.6 Å². The van der Waals surface area contributed by atoms with Gasteiger partial charge in [0.05, 0.1) is 29.4 Å². The number of amides is 2. The molecule has 3 rings (SSSR count). The number of ether oxygens (including phenoxy) is 1. The van der Waals surface area contributed by atoms with Crippen LogP contribution in [-0.2, 0) is 25.7 Å². The van der Waals surface area contributed by atoms with Crippen LogP contribution >= 0.6 is 23.2 Å². The zero-order chi connectivity index (χ0) is 23.4. The van der Waals surface area contributed by atoms with Crippen molar-refractivity contribution in [1.29, 1.82) is 0 Å². The van der Waals surface area contributed by atoms with Crippen LogP contribution in [0.25, 0.3) is 6.08 Å². The summed E-state index contributed by atoms with van der Waals surface area (Å²) in [6.45, 7) is 1.50. The lowest BCUT2D eigenvalue weighted by Gasteiger charge is -2.06. The second-order valence-corrected chi connectivity index (χ2v) is 7.33. The highest BCUT2D eigenvalue weighted by molar-refractivity contribution is 6.43. The summed E-state index contributed by atoms with van der Waals surface area (Å²) in [7, 11) is 1.20. The fraction of sp³-hybridized carbons (Fsp3) is 0.143. The zero-order valence-electron chi connectivity index (χ0n) is 16.9. The molecule has 0 saturated heterocycles. The maximum Gasteiger partial charge on any atom is 0.343 e. The first kappa shape index (κ1) is 23.1. The Morgan fingerprint density at radius 1 is 1.16 bits per heavy atom. The number of anilines is 1. The number of hydrogen-bond donors (Lipinski definition) is 3. The molecular weight excluding hydrogens is 461 g/mol. The molecular formula is C21H17Cl2N3O6. The minimum Gasteiger partial charge on any atom is -0.505 e. The third-order valence-corrected chi connectivity index (χ3v) is 5.03. The van der Waals surface area contributed by atoms with E-state index in [4.69, 9.17) is 27.6 Å². The number of nitrogens with zero attached hydrogens (tertiary/aromatic N) is 1. The van der Waals surface area contributed by atoms with Crippen molar-refractivity contribution in [2.75, 3.05) is 12.4 Å². The van der Waals surface area contributed by atoms with E-state index in [0.717, 1.165) is 0 Å². The van der Waals surface area contributed by atoms with Gasteiger partial charge in [-0.15, -0.1) is 0 Å². The van der Waals surface area contributed by atoms with Crippen molar-refractivity contribution < 1.29 is 28.6 Å². The molecule has 9 nitrogen and oxygen atoms in total. The van der Waals surface area contributed by atoms with Gasteiger partial charge in [0.25, 0.3) is 0 Å². The third kappa shape index (κ3) is 5.19. The number of furan rings is 1. The first-order chi connectivity index (χ1) is 15.2. The monoisotopic (exact) mass is 477 g/mol. The molecule has 0 unspecified atom stereocenters. The Morgan fingerprint density at radius 2 is 1.91 bits per heavy atom. The molecule has 11 heteroatoms. The number of aliphatic hydroxyl groups is 1. The van der Waals surface area contributed by atoms with E-state index in [1.165, 1.54) is 31.4 Å². The second-order valence-electron chi connectivity index (χ2n) is 6.51. The van der Waals surface area contributed by atoms with Gasteiger partial charge in [0, 0.05) is 11.8 Å². The summed E-state index contributed by atoms with van der Waals surface area (Å²) in [5, 5.41) is 15.6. The molecule has 3 N–H and O–H groups in total. The van der Waals surface area contributed by atoms with Gasteiger partial charge >= 0.3 is 17.8 Å². The summed E-state index contributed by atoms with van der Waals surface area (Å²) in [4.78, 5) is 39.9. The van der Waals surface area contributed by atoms with Gasteiger partial charge in [0.15, 0.2) is 5.76 Å². The van der Waals surface area contributed by atoms with Gasteiger partial charge in [-0.1, -0.05) is 23.2 Å². The highest BCUT2D eigenvalue weighted by Gasteiger charge is 2.27. The molecule has 2 amide bonds. The predicted octanol–water partition coefficient (Wildman–Crippen LogP) is 3.64. The van der Waals surface area contributed by atoms with Crippen LogP contribution in [0.2, 0.25) is 10.0 Å². The molecule has 0 fully saturated rings. The van der Waals surface area contributed by atoms with E-state index in [0.29, 0.717) is 27.9 Å². The molecule has 32 heavy (non-hydrogen) atoms. The van der Waals surface area contributed by atoms with Crippen LogP contribution in [0.3, 0.4) is 0 Å². The van der Waals surface area contributed by atoms with E-state index < -0.39 is 17.8 Å². The topological polar surface area (TPSA) is 130 Å². The molecule has 1 aliphatic rings.